The zero-order valence-corrected chi connectivity index (χ0v) is 12.1. The third-order valence-electron chi connectivity index (χ3n) is 4.12. The Kier molecular flexibility index (Phi) is 3.66. The topological polar surface area (TPSA) is 38.8 Å². The number of benzene rings is 1. The molecule has 2 heterocycles. The largest absolute Gasteiger partial charge is 0.497 e. The molecule has 0 saturated carbocycles. The van der Waals surface area contributed by atoms with Gasteiger partial charge in [-0.3, -0.25) is 4.79 Å². The summed E-state index contributed by atoms with van der Waals surface area (Å²) in [7, 11) is 1.65. The zero-order chi connectivity index (χ0) is 14.1. The molecule has 1 saturated heterocycles. The number of amides is 1. The van der Waals surface area contributed by atoms with Crippen LogP contribution in [0.2, 0.25) is 0 Å². The van der Waals surface area contributed by atoms with Gasteiger partial charge in [0.15, 0.2) is 0 Å². The van der Waals surface area contributed by atoms with E-state index in [1.807, 2.05) is 17.0 Å². The predicted octanol–water partition coefficient (Wildman–Crippen LogP) is 2.40. The molecule has 0 radical (unpaired) electrons. The lowest BCUT2D eigenvalue weighted by atomic mass is 9.93. The van der Waals surface area contributed by atoms with Crippen molar-refractivity contribution in [3.63, 3.8) is 0 Å². The standard InChI is InChI=1S/C16H21NO3/c1-11-8-12-5-6-13(19-2)9-14(12)17(10-11)16(18)15-4-3-7-20-15/h5-6,9,11,15H,3-4,7-8,10H2,1-2H3. The highest BCUT2D eigenvalue weighted by Gasteiger charge is 2.33. The van der Waals surface area contributed by atoms with E-state index in [1.165, 1.54) is 5.56 Å². The summed E-state index contributed by atoms with van der Waals surface area (Å²) >= 11 is 0. The Labute approximate surface area is 119 Å². The van der Waals surface area contributed by atoms with Crippen LogP contribution in [0.3, 0.4) is 0 Å². The molecule has 0 spiro atoms. The van der Waals surface area contributed by atoms with Crippen LogP contribution in [0, 0.1) is 5.92 Å². The van der Waals surface area contributed by atoms with Gasteiger partial charge >= 0.3 is 0 Å². The molecule has 0 N–H and O–H groups in total. The van der Waals surface area contributed by atoms with Crippen molar-refractivity contribution < 1.29 is 14.3 Å². The van der Waals surface area contributed by atoms with Crippen LogP contribution in [0.15, 0.2) is 18.2 Å². The van der Waals surface area contributed by atoms with Crippen LogP contribution in [0.5, 0.6) is 5.75 Å². The minimum atomic E-state index is -0.264. The Hall–Kier alpha value is -1.55. The van der Waals surface area contributed by atoms with Gasteiger partial charge in [0, 0.05) is 19.2 Å². The monoisotopic (exact) mass is 275 g/mol. The smallest absolute Gasteiger partial charge is 0.256 e. The molecule has 1 aromatic rings. The maximum Gasteiger partial charge on any atom is 0.256 e. The minimum Gasteiger partial charge on any atom is -0.497 e. The number of nitrogens with zero attached hydrogens (tertiary/aromatic N) is 1. The number of methoxy groups -OCH3 is 1. The molecule has 3 rings (SSSR count). The molecular weight excluding hydrogens is 254 g/mol. The minimum absolute atomic E-state index is 0.101. The van der Waals surface area contributed by atoms with Crippen molar-refractivity contribution in [1.29, 1.82) is 0 Å². The fourth-order valence-corrected chi connectivity index (χ4v) is 3.10. The summed E-state index contributed by atoms with van der Waals surface area (Å²) in [6, 6.07) is 6.00. The number of hydrogen-bond acceptors (Lipinski definition) is 3. The van der Waals surface area contributed by atoms with Crippen LogP contribution in [0.25, 0.3) is 0 Å². The van der Waals surface area contributed by atoms with Gasteiger partial charge in [0.2, 0.25) is 0 Å². The summed E-state index contributed by atoms with van der Waals surface area (Å²) in [5.74, 6) is 1.37. The highest BCUT2D eigenvalue weighted by molar-refractivity contribution is 5.98. The van der Waals surface area contributed by atoms with Crippen molar-refractivity contribution in [2.24, 2.45) is 5.92 Å². The van der Waals surface area contributed by atoms with Crippen LogP contribution < -0.4 is 9.64 Å². The number of ether oxygens (including phenoxy) is 2. The molecule has 108 valence electrons. The molecule has 2 unspecified atom stereocenters. The summed E-state index contributed by atoms with van der Waals surface area (Å²) in [6.45, 7) is 3.65. The van der Waals surface area contributed by atoms with Crippen molar-refractivity contribution >= 4 is 11.6 Å². The number of carbonyl (C=O) groups is 1. The zero-order valence-electron chi connectivity index (χ0n) is 12.1. The van der Waals surface area contributed by atoms with Crippen molar-refractivity contribution in [1.82, 2.24) is 0 Å². The van der Waals surface area contributed by atoms with Crippen LogP contribution >= 0.6 is 0 Å². The van der Waals surface area contributed by atoms with Gasteiger partial charge in [-0.05, 0) is 36.8 Å². The van der Waals surface area contributed by atoms with E-state index in [9.17, 15) is 4.79 Å². The van der Waals surface area contributed by atoms with Gasteiger partial charge in [0.05, 0.1) is 12.8 Å². The second kappa shape index (κ2) is 5.44. The molecule has 4 heteroatoms. The highest BCUT2D eigenvalue weighted by atomic mass is 16.5. The molecule has 1 amide bonds. The molecule has 2 aliphatic heterocycles. The second-order valence-corrected chi connectivity index (χ2v) is 5.75. The van der Waals surface area contributed by atoms with Crippen LogP contribution in [0.1, 0.15) is 25.3 Å². The SMILES string of the molecule is COc1ccc2c(c1)N(C(=O)C1CCCO1)CC(C)C2. The molecule has 1 fully saturated rings. The first kappa shape index (κ1) is 13.4. The van der Waals surface area contributed by atoms with E-state index in [1.54, 1.807) is 7.11 Å². The van der Waals surface area contributed by atoms with Crippen molar-refractivity contribution in [3.8, 4) is 5.75 Å². The summed E-state index contributed by atoms with van der Waals surface area (Å²) in [4.78, 5) is 14.6. The van der Waals surface area contributed by atoms with Crippen molar-refractivity contribution in [3.05, 3.63) is 23.8 Å². The van der Waals surface area contributed by atoms with Gasteiger partial charge in [-0.15, -0.1) is 0 Å². The second-order valence-electron chi connectivity index (χ2n) is 5.75. The van der Waals surface area contributed by atoms with Gasteiger partial charge in [-0.2, -0.15) is 0 Å². The number of carbonyl (C=O) groups excluding carboxylic acids is 1. The molecule has 20 heavy (non-hydrogen) atoms. The quantitative estimate of drug-likeness (QED) is 0.832. The Balaban J connectivity index is 1.93. The first-order chi connectivity index (χ1) is 9.69. The third-order valence-corrected chi connectivity index (χ3v) is 4.12. The lowest BCUT2D eigenvalue weighted by molar-refractivity contribution is -0.127. The van der Waals surface area contributed by atoms with Gasteiger partial charge in [-0.1, -0.05) is 13.0 Å². The molecule has 2 aliphatic rings. The van der Waals surface area contributed by atoms with E-state index in [-0.39, 0.29) is 12.0 Å². The predicted molar refractivity (Wildman–Crippen MR) is 77.2 cm³/mol. The van der Waals surface area contributed by atoms with Crippen molar-refractivity contribution in [2.45, 2.75) is 32.3 Å². The summed E-state index contributed by atoms with van der Waals surface area (Å²) in [6.07, 6.45) is 2.56. The van der Waals surface area contributed by atoms with Crippen LogP contribution in [0.4, 0.5) is 5.69 Å². The van der Waals surface area contributed by atoms with E-state index in [0.29, 0.717) is 12.5 Å². The van der Waals surface area contributed by atoms with Crippen LogP contribution in [-0.4, -0.2) is 32.3 Å². The van der Waals surface area contributed by atoms with E-state index in [2.05, 4.69) is 13.0 Å². The third kappa shape index (κ3) is 2.40. The molecule has 0 aliphatic carbocycles. The Bertz CT molecular complexity index is 508. The maximum atomic E-state index is 12.7. The molecule has 0 bridgehead atoms. The van der Waals surface area contributed by atoms with Crippen LogP contribution in [-0.2, 0) is 16.0 Å². The van der Waals surface area contributed by atoms with Gasteiger partial charge < -0.3 is 14.4 Å². The van der Waals surface area contributed by atoms with Gasteiger partial charge in [0.1, 0.15) is 11.9 Å². The first-order valence-corrected chi connectivity index (χ1v) is 7.29. The number of hydrogen-bond donors (Lipinski definition) is 0. The lowest BCUT2D eigenvalue weighted by Gasteiger charge is -2.34. The number of anilines is 1. The van der Waals surface area contributed by atoms with Crippen molar-refractivity contribution in [2.75, 3.05) is 25.2 Å². The highest BCUT2D eigenvalue weighted by Crippen LogP contribution is 2.34. The number of rotatable bonds is 2. The molecule has 0 aromatic heterocycles. The Morgan fingerprint density at radius 1 is 1.45 bits per heavy atom. The first-order valence-electron chi connectivity index (χ1n) is 7.29. The fourth-order valence-electron chi connectivity index (χ4n) is 3.10. The van der Waals surface area contributed by atoms with E-state index < -0.39 is 0 Å². The average molecular weight is 275 g/mol. The van der Waals surface area contributed by atoms with E-state index in [0.717, 1.165) is 37.2 Å². The average Bonchev–Trinajstić information content (AvgIpc) is 2.99. The summed E-state index contributed by atoms with van der Waals surface area (Å²) in [5.41, 5.74) is 2.21. The summed E-state index contributed by atoms with van der Waals surface area (Å²) < 4.78 is 10.8. The number of fused-ring (bicyclic) bond motifs is 1. The fraction of sp³-hybridized carbons (Fsp3) is 0.562. The van der Waals surface area contributed by atoms with Gasteiger partial charge in [0.25, 0.3) is 5.91 Å². The molecule has 1 aromatic carbocycles. The lowest BCUT2D eigenvalue weighted by Crippen LogP contribution is -2.44. The normalized spacial score (nSPS) is 25.4. The van der Waals surface area contributed by atoms with E-state index in [4.69, 9.17) is 9.47 Å². The molecular formula is C16H21NO3. The summed E-state index contributed by atoms with van der Waals surface area (Å²) in [5, 5.41) is 0. The molecule has 4 nitrogen and oxygen atoms in total. The molecule has 2 atom stereocenters. The van der Waals surface area contributed by atoms with E-state index >= 15 is 0 Å². The Morgan fingerprint density at radius 3 is 3.00 bits per heavy atom. The van der Waals surface area contributed by atoms with Gasteiger partial charge in [-0.25, -0.2) is 0 Å². The Morgan fingerprint density at radius 2 is 2.30 bits per heavy atom. The maximum absolute atomic E-state index is 12.7.